The summed E-state index contributed by atoms with van der Waals surface area (Å²) in [6.07, 6.45) is 3.25. The van der Waals surface area contributed by atoms with Gasteiger partial charge in [-0.1, -0.05) is 42.5 Å². The van der Waals surface area contributed by atoms with Gasteiger partial charge >= 0.3 is 0 Å². The van der Waals surface area contributed by atoms with Crippen LogP contribution < -0.4 is 0 Å². The monoisotopic (exact) mass is 416 g/mol. The minimum Gasteiger partial charge on any atom is -0.342 e. The average molecular weight is 417 g/mol. The smallest absolute Gasteiger partial charge is 0.228 e. The number of carbonyl (C=O) groups excluding carboxylic acids is 1. The summed E-state index contributed by atoms with van der Waals surface area (Å²) in [6, 6.07) is 18.4. The molecular formula is C24H24N4OS. The lowest BCUT2D eigenvalue weighted by molar-refractivity contribution is -0.131. The zero-order valence-electron chi connectivity index (χ0n) is 16.8. The fraction of sp³-hybridized carbons (Fsp3) is 0.292. The number of hydrogen-bond acceptors (Lipinski definition) is 4. The number of rotatable bonds is 5. The van der Waals surface area contributed by atoms with Crippen LogP contribution in [0.25, 0.3) is 11.0 Å². The van der Waals surface area contributed by atoms with Crippen LogP contribution in [0.1, 0.15) is 40.8 Å². The number of aromatic nitrogens is 3. The van der Waals surface area contributed by atoms with Crippen LogP contribution in [0, 0.1) is 0 Å². The summed E-state index contributed by atoms with van der Waals surface area (Å²) in [4.78, 5) is 27.8. The van der Waals surface area contributed by atoms with E-state index >= 15 is 0 Å². The zero-order valence-corrected chi connectivity index (χ0v) is 17.6. The first-order chi connectivity index (χ1) is 14.7. The molecule has 2 aromatic carbocycles. The van der Waals surface area contributed by atoms with E-state index < -0.39 is 0 Å². The Kier molecular flexibility index (Phi) is 5.32. The molecule has 5 nitrogen and oxygen atoms in total. The summed E-state index contributed by atoms with van der Waals surface area (Å²) >= 11 is 1.64. The highest BCUT2D eigenvalue weighted by Gasteiger charge is 2.27. The van der Waals surface area contributed by atoms with Gasteiger partial charge in [-0.25, -0.2) is 9.97 Å². The van der Waals surface area contributed by atoms with E-state index in [2.05, 4.69) is 17.1 Å². The number of likely N-dealkylation sites (tertiary alicyclic amines) is 1. The summed E-state index contributed by atoms with van der Waals surface area (Å²) < 4.78 is 0. The number of amides is 1. The summed E-state index contributed by atoms with van der Waals surface area (Å²) in [7, 11) is 0. The summed E-state index contributed by atoms with van der Waals surface area (Å²) in [5.41, 5.74) is 4.17. The Labute approximate surface area is 179 Å². The van der Waals surface area contributed by atoms with Crippen LogP contribution in [0.3, 0.4) is 0 Å². The van der Waals surface area contributed by atoms with Crippen molar-refractivity contribution >= 4 is 28.3 Å². The van der Waals surface area contributed by atoms with Gasteiger partial charge in [0.15, 0.2) is 0 Å². The Morgan fingerprint density at radius 3 is 2.80 bits per heavy atom. The number of nitrogens with zero attached hydrogens (tertiary/aromatic N) is 3. The molecule has 3 heterocycles. The number of aromatic amines is 1. The number of hydrogen-bond donors (Lipinski definition) is 1. The summed E-state index contributed by atoms with van der Waals surface area (Å²) in [5, 5.41) is 3.08. The Morgan fingerprint density at radius 2 is 1.93 bits per heavy atom. The second-order valence-electron chi connectivity index (χ2n) is 7.89. The van der Waals surface area contributed by atoms with E-state index in [0.29, 0.717) is 6.42 Å². The molecule has 1 N–H and O–H groups in total. The van der Waals surface area contributed by atoms with Gasteiger partial charge in [-0.05, 0) is 30.5 Å². The van der Waals surface area contributed by atoms with Gasteiger partial charge in [-0.3, -0.25) is 4.79 Å². The molecule has 5 rings (SSSR count). The van der Waals surface area contributed by atoms with Gasteiger partial charge in [0.25, 0.3) is 0 Å². The highest BCUT2D eigenvalue weighted by molar-refractivity contribution is 7.09. The van der Waals surface area contributed by atoms with E-state index in [1.807, 2.05) is 52.7 Å². The molecule has 152 valence electrons. The van der Waals surface area contributed by atoms with Crippen molar-refractivity contribution in [3.8, 4) is 0 Å². The average Bonchev–Trinajstić information content (AvgIpc) is 3.41. The SMILES string of the molecule is O=C(Cc1csc(Cc2ccccc2)n1)N1CCCC(c2nc3ccccc3[nH]2)C1. The molecule has 0 aliphatic carbocycles. The van der Waals surface area contributed by atoms with Gasteiger partial charge in [0.2, 0.25) is 5.91 Å². The van der Waals surface area contributed by atoms with Gasteiger partial charge in [0.1, 0.15) is 5.82 Å². The lowest BCUT2D eigenvalue weighted by atomic mass is 9.97. The zero-order chi connectivity index (χ0) is 20.3. The highest BCUT2D eigenvalue weighted by Crippen LogP contribution is 2.27. The van der Waals surface area contributed by atoms with Crippen molar-refractivity contribution in [1.29, 1.82) is 0 Å². The second kappa shape index (κ2) is 8.40. The van der Waals surface area contributed by atoms with Crippen LogP contribution in [0.5, 0.6) is 0 Å². The fourth-order valence-corrected chi connectivity index (χ4v) is 4.97. The van der Waals surface area contributed by atoms with Crippen molar-refractivity contribution in [3.05, 3.63) is 82.1 Å². The molecule has 1 unspecified atom stereocenters. The predicted molar refractivity (Wildman–Crippen MR) is 120 cm³/mol. The molecule has 1 amide bonds. The van der Waals surface area contributed by atoms with Gasteiger partial charge in [-0.15, -0.1) is 11.3 Å². The lowest BCUT2D eigenvalue weighted by Gasteiger charge is -2.31. The van der Waals surface area contributed by atoms with E-state index in [0.717, 1.165) is 59.9 Å². The van der Waals surface area contributed by atoms with Crippen molar-refractivity contribution in [2.75, 3.05) is 13.1 Å². The van der Waals surface area contributed by atoms with Crippen molar-refractivity contribution in [1.82, 2.24) is 19.9 Å². The number of nitrogens with one attached hydrogen (secondary N) is 1. The van der Waals surface area contributed by atoms with Crippen LogP contribution >= 0.6 is 11.3 Å². The Balaban J connectivity index is 1.23. The van der Waals surface area contributed by atoms with Gasteiger partial charge in [0.05, 0.1) is 28.2 Å². The molecule has 0 saturated carbocycles. The minimum absolute atomic E-state index is 0.160. The van der Waals surface area contributed by atoms with Crippen LogP contribution in [-0.4, -0.2) is 38.8 Å². The number of thiazole rings is 1. The summed E-state index contributed by atoms with van der Waals surface area (Å²) in [5.74, 6) is 1.42. The van der Waals surface area contributed by atoms with Crippen molar-refractivity contribution < 1.29 is 4.79 Å². The molecule has 1 aliphatic rings. The quantitative estimate of drug-likeness (QED) is 0.519. The van der Waals surface area contributed by atoms with Crippen LogP contribution in [0.4, 0.5) is 0 Å². The largest absolute Gasteiger partial charge is 0.342 e. The highest BCUT2D eigenvalue weighted by atomic mass is 32.1. The Bertz CT molecular complexity index is 1120. The molecule has 4 aromatic rings. The van der Waals surface area contributed by atoms with Crippen LogP contribution in [0.2, 0.25) is 0 Å². The molecule has 1 fully saturated rings. The molecule has 0 bridgehead atoms. The molecule has 30 heavy (non-hydrogen) atoms. The second-order valence-corrected chi connectivity index (χ2v) is 8.83. The van der Waals surface area contributed by atoms with Gasteiger partial charge in [-0.2, -0.15) is 0 Å². The fourth-order valence-electron chi connectivity index (χ4n) is 4.14. The maximum absolute atomic E-state index is 12.9. The van der Waals surface area contributed by atoms with E-state index in [-0.39, 0.29) is 11.8 Å². The number of para-hydroxylation sites is 2. The van der Waals surface area contributed by atoms with Crippen LogP contribution in [-0.2, 0) is 17.6 Å². The van der Waals surface area contributed by atoms with E-state index in [9.17, 15) is 4.79 Å². The minimum atomic E-state index is 0.160. The predicted octanol–water partition coefficient (Wildman–Crippen LogP) is 4.56. The third kappa shape index (κ3) is 4.14. The Hall–Kier alpha value is -2.99. The maximum Gasteiger partial charge on any atom is 0.228 e. The normalized spacial score (nSPS) is 16.8. The number of benzene rings is 2. The van der Waals surface area contributed by atoms with Gasteiger partial charge < -0.3 is 9.88 Å². The molecule has 1 atom stereocenters. The number of carbonyl (C=O) groups is 1. The standard InChI is InChI=1S/C24H24N4OS/c29-23(14-19-16-30-22(25-19)13-17-7-2-1-3-8-17)28-12-6-9-18(15-28)24-26-20-10-4-5-11-21(20)27-24/h1-5,7-8,10-11,16,18H,6,9,12-15H2,(H,26,27). The van der Waals surface area contributed by atoms with E-state index in [4.69, 9.17) is 9.97 Å². The molecule has 1 saturated heterocycles. The topological polar surface area (TPSA) is 61.9 Å². The number of piperidine rings is 1. The molecule has 0 radical (unpaired) electrons. The molecule has 2 aromatic heterocycles. The van der Waals surface area contributed by atoms with E-state index in [1.54, 1.807) is 11.3 Å². The third-order valence-corrected chi connectivity index (χ3v) is 6.60. The van der Waals surface area contributed by atoms with E-state index in [1.165, 1.54) is 5.56 Å². The first-order valence-electron chi connectivity index (χ1n) is 10.4. The van der Waals surface area contributed by atoms with Crippen molar-refractivity contribution in [2.45, 2.75) is 31.6 Å². The first-order valence-corrected chi connectivity index (χ1v) is 11.3. The summed E-state index contributed by atoms with van der Waals surface area (Å²) in [6.45, 7) is 1.54. The molecule has 0 spiro atoms. The molecule has 1 aliphatic heterocycles. The Morgan fingerprint density at radius 1 is 1.10 bits per heavy atom. The third-order valence-electron chi connectivity index (χ3n) is 5.70. The van der Waals surface area contributed by atoms with Crippen LogP contribution in [0.15, 0.2) is 60.0 Å². The van der Waals surface area contributed by atoms with Gasteiger partial charge in [0, 0.05) is 30.8 Å². The first kappa shape index (κ1) is 19.0. The number of H-pyrrole nitrogens is 1. The number of imidazole rings is 1. The van der Waals surface area contributed by atoms with Crippen molar-refractivity contribution in [2.24, 2.45) is 0 Å². The molecule has 6 heteroatoms. The molecular weight excluding hydrogens is 392 g/mol. The maximum atomic E-state index is 12.9. The number of fused-ring (bicyclic) bond motifs is 1. The lowest BCUT2D eigenvalue weighted by Crippen LogP contribution is -2.40. The van der Waals surface area contributed by atoms with Crippen molar-refractivity contribution in [3.63, 3.8) is 0 Å².